The average Bonchev–Trinajstić information content (AvgIpc) is 3.44. The second-order valence-corrected chi connectivity index (χ2v) is 8.83. The summed E-state index contributed by atoms with van der Waals surface area (Å²) in [5, 5.41) is 16.8. The highest BCUT2D eigenvalue weighted by Gasteiger charge is 2.19. The van der Waals surface area contributed by atoms with Crippen LogP contribution < -0.4 is 4.72 Å². The molecule has 0 saturated carbocycles. The fourth-order valence-electron chi connectivity index (χ4n) is 3.60. The molecule has 4 heterocycles. The van der Waals surface area contributed by atoms with Crippen molar-refractivity contribution in [3.8, 4) is 22.6 Å². The molecule has 1 aromatic carbocycles. The molecule has 0 radical (unpaired) electrons. The topological polar surface area (TPSA) is 128 Å². The largest absolute Gasteiger partial charge is 0.593 e. The second kappa shape index (κ2) is 9.04. The van der Waals surface area contributed by atoms with Crippen molar-refractivity contribution < 1.29 is 13.7 Å². The lowest BCUT2D eigenvalue weighted by molar-refractivity contribution is 0.0306. The summed E-state index contributed by atoms with van der Waals surface area (Å²) in [6.07, 6.45) is 4.92. The van der Waals surface area contributed by atoms with Crippen molar-refractivity contribution in [2.45, 2.75) is 6.54 Å². The van der Waals surface area contributed by atoms with Gasteiger partial charge in [-0.15, -0.1) is 10.2 Å². The summed E-state index contributed by atoms with van der Waals surface area (Å²) >= 11 is 4.87. The molecule has 1 atom stereocenters. The van der Waals surface area contributed by atoms with Crippen LogP contribution in [-0.2, 0) is 22.6 Å². The van der Waals surface area contributed by atoms with Crippen LogP contribution in [0.15, 0.2) is 35.0 Å². The van der Waals surface area contributed by atoms with Gasteiger partial charge in [0.1, 0.15) is 11.9 Å². The molecule has 1 aliphatic heterocycles. The summed E-state index contributed by atoms with van der Waals surface area (Å²) in [7, 11) is 0. The Labute approximate surface area is 191 Å². The molecule has 0 aliphatic carbocycles. The van der Waals surface area contributed by atoms with E-state index in [1.54, 1.807) is 18.5 Å². The lowest BCUT2D eigenvalue weighted by Gasteiger charge is -2.24. The maximum atomic E-state index is 11.6. The summed E-state index contributed by atoms with van der Waals surface area (Å²) in [6.45, 7) is 3.66. The number of aromatic amines is 1. The zero-order chi connectivity index (χ0) is 22.1. The van der Waals surface area contributed by atoms with Gasteiger partial charge in [-0.2, -0.15) is 5.10 Å². The highest BCUT2D eigenvalue weighted by Crippen LogP contribution is 2.34. The third-order valence-electron chi connectivity index (χ3n) is 5.14. The van der Waals surface area contributed by atoms with Crippen LogP contribution in [0.25, 0.3) is 33.5 Å². The van der Waals surface area contributed by atoms with Gasteiger partial charge in [0.15, 0.2) is 5.15 Å². The smallest absolute Gasteiger partial charge is 0.248 e. The monoisotopic (exact) mass is 473 g/mol. The molecule has 3 aromatic heterocycles. The average molecular weight is 474 g/mol. The third-order valence-corrected chi connectivity index (χ3v) is 5.95. The Kier molecular flexibility index (Phi) is 5.98. The molecule has 2 N–H and O–H groups in total. The van der Waals surface area contributed by atoms with Gasteiger partial charge in [-0.3, -0.25) is 10.00 Å². The van der Waals surface area contributed by atoms with E-state index in [1.165, 1.54) is 6.26 Å². The Morgan fingerprint density at radius 2 is 2.03 bits per heavy atom. The molecule has 12 heteroatoms. The van der Waals surface area contributed by atoms with Gasteiger partial charge in [0, 0.05) is 30.2 Å². The van der Waals surface area contributed by atoms with E-state index in [0.717, 1.165) is 40.7 Å². The molecule has 1 fully saturated rings. The van der Waals surface area contributed by atoms with Crippen LogP contribution in [0.1, 0.15) is 5.89 Å². The number of pyridine rings is 1. The summed E-state index contributed by atoms with van der Waals surface area (Å²) < 4.78 is 25.8. The molecule has 0 bridgehead atoms. The Bertz CT molecular complexity index is 1240. The molecule has 1 unspecified atom stereocenters. The summed E-state index contributed by atoms with van der Waals surface area (Å²) in [5.74, 6) is 0.963. The number of hydrogen-bond donors (Lipinski definition) is 2. The van der Waals surface area contributed by atoms with Crippen LogP contribution in [0.4, 0.5) is 5.69 Å². The Morgan fingerprint density at radius 3 is 2.84 bits per heavy atom. The number of anilines is 1. The van der Waals surface area contributed by atoms with Gasteiger partial charge >= 0.3 is 0 Å². The predicted octanol–water partition coefficient (Wildman–Crippen LogP) is 2.87. The second-order valence-electron chi connectivity index (χ2n) is 7.36. The highest BCUT2D eigenvalue weighted by atomic mass is 35.5. The fourth-order valence-corrected chi connectivity index (χ4v) is 4.28. The molecule has 1 aliphatic rings. The molecule has 5 rings (SSSR count). The van der Waals surface area contributed by atoms with Crippen LogP contribution in [-0.4, -0.2) is 67.4 Å². The van der Waals surface area contributed by atoms with Crippen molar-refractivity contribution in [1.82, 2.24) is 30.3 Å². The SMILES string of the molecule is C[S+]([O-])Nc1cc(-c2cc(-c3nnc(CN4CCOCC4)o3)c3cn[nH]c3c2)cnc1Cl. The molecular formula is C20H20ClN7O3S. The summed E-state index contributed by atoms with van der Waals surface area (Å²) in [5.41, 5.74) is 3.69. The van der Waals surface area contributed by atoms with Gasteiger partial charge < -0.3 is 13.7 Å². The third kappa shape index (κ3) is 4.43. The number of H-pyrrole nitrogens is 1. The lowest BCUT2D eigenvalue weighted by atomic mass is 10.0. The van der Waals surface area contributed by atoms with E-state index >= 15 is 0 Å². The fraction of sp³-hybridized carbons (Fsp3) is 0.300. The molecule has 1 saturated heterocycles. The summed E-state index contributed by atoms with van der Waals surface area (Å²) in [4.78, 5) is 6.44. The lowest BCUT2D eigenvalue weighted by Crippen LogP contribution is -2.35. The van der Waals surface area contributed by atoms with E-state index in [0.29, 0.717) is 37.2 Å². The number of aromatic nitrogens is 5. The molecule has 0 spiro atoms. The Morgan fingerprint density at radius 1 is 1.19 bits per heavy atom. The van der Waals surface area contributed by atoms with E-state index < -0.39 is 11.4 Å². The van der Waals surface area contributed by atoms with Crippen LogP contribution >= 0.6 is 11.6 Å². The number of halogens is 1. The predicted molar refractivity (Wildman–Crippen MR) is 121 cm³/mol. The van der Waals surface area contributed by atoms with Crippen LogP contribution in [0.5, 0.6) is 0 Å². The minimum absolute atomic E-state index is 0.247. The molecule has 166 valence electrons. The first-order chi connectivity index (χ1) is 15.6. The van der Waals surface area contributed by atoms with Crippen molar-refractivity contribution in [3.05, 3.63) is 41.6 Å². The Balaban J connectivity index is 1.51. The minimum atomic E-state index is -1.28. The van der Waals surface area contributed by atoms with Gasteiger partial charge in [-0.1, -0.05) is 11.6 Å². The number of morpholine rings is 1. The van der Waals surface area contributed by atoms with Gasteiger partial charge in [0.2, 0.25) is 11.8 Å². The highest BCUT2D eigenvalue weighted by molar-refractivity contribution is 7.92. The van der Waals surface area contributed by atoms with Gasteiger partial charge in [-0.05, 0) is 23.8 Å². The van der Waals surface area contributed by atoms with Crippen LogP contribution in [0, 0.1) is 0 Å². The zero-order valence-corrected chi connectivity index (χ0v) is 18.7. The van der Waals surface area contributed by atoms with Crippen molar-refractivity contribution in [2.24, 2.45) is 0 Å². The number of fused-ring (bicyclic) bond motifs is 1. The number of ether oxygens (including phenoxy) is 1. The molecular weight excluding hydrogens is 454 g/mol. The summed E-state index contributed by atoms with van der Waals surface area (Å²) in [6, 6.07) is 5.70. The standard InChI is InChI=1S/C20H20ClN7O3S/c1-32(29)27-17-8-13(9-22-19(17)21)12-6-14(15-10-23-24-16(15)7-12)20-26-25-18(31-20)11-28-2-4-30-5-3-28/h6-10,27H,2-5,11H2,1H3,(H,23,24). The normalized spacial score (nSPS) is 15.8. The number of nitrogens with one attached hydrogen (secondary N) is 2. The van der Waals surface area contributed by atoms with Crippen molar-refractivity contribution in [1.29, 1.82) is 0 Å². The van der Waals surface area contributed by atoms with E-state index in [2.05, 4.69) is 35.0 Å². The minimum Gasteiger partial charge on any atom is -0.593 e. The quantitative estimate of drug-likeness (QED) is 0.321. The first-order valence-electron chi connectivity index (χ1n) is 9.93. The number of nitrogens with zero attached hydrogens (tertiary/aromatic N) is 5. The first-order valence-corrected chi connectivity index (χ1v) is 11.9. The van der Waals surface area contributed by atoms with Gasteiger partial charge in [0.05, 0.1) is 48.4 Å². The van der Waals surface area contributed by atoms with Crippen molar-refractivity contribution in [3.63, 3.8) is 0 Å². The zero-order valence-electron chi connectivity index (χ0n) is 17.2. The van der Waals surface area contributed by atoms with Crippen molar-refractivity contribution >= 4 is 39.6 Å². The van der Waals surface area contributed by atoms with E-state index in [9.17, 15) is 4.55 Å². The molecule has 0 amide bonds. The molecule has 4 aromatic rings. The van der Waals surface area contributed by atoms with E-state index in [1.807, 2.05) is 12.1 Å². The van der Waals surface area contributed by atoms with Crippen molar-refractivity contribution in [2.75, 3.05) is 37.3 Å². The molecule has 32 heavy (non-hydrogen) atoms. The van der Waals surface area contributed by atoms with Gasteiger partial charge in [0.25, 0.3) is 0 Å². The number of benzene rings is 1. The Hall–Kier alpha value is -2.70. The maximum absolute atomic E-state index is 11.6. The molecule has 10 nitrogen and oxygen atoms in total. The van der Waals surface area contributed by atoms with E-state index in [4.69, 9.17) is 20.8 Å². The number of rotatable bonds is 6. The van der Waals surface area contributed by atoms with Crippen LogP contribution in [0.3, 0.4) is 0 Å². The van der Waals surface area contributed by atoms with Gasteiger partial charge in [-0.25, -0.2) is 9.71 Å². The van der Waals surface area contributed by atoms with E-state index in [-0.39, 0.29) is 5.15 Å². The number of hydrogen-bond acceptors (Lipinski definition) is 9. The maximum Gasteiger partial charge on any atom is 0.248 e. The first kappa shape index (κ1) is 21.2. The van der Waals surface area contributed by atoms with Crippen LogP contribution in [0.2, 0.25) is 5.15 Å².